The minimum Gasteiger partial charge on any atom is -0.448 e. The van der Waals surface area contributed by atoms with Crippen LogP contribution in [0.3, 0.4) is 0 Å². The molecule has 2 aromatic rings. The first-order chi connectivity index (χ1) is 13.6. The first-order valence-corrected chi connectivity index (χ1v) is 9.17. The van der Waals surface area contributed by atoms with Crippen LogP contribution in [0, 0.1) is 0 Å². The van der Waals surface area contributed by atoms with E-state index in [1.54, 1.807) is 6.92 Å². The Morgan fingerprint density at radius 2 is 1.75 bits per heavy atom. The summed E-state index contributed by atoms with van der Waals surface area (Å²) in [6.07, 6.45) is 7.03. The normalized spacial score (nSPS) is 14.6. The van der Waals surface area contributed by atoms with Crippen LogP contribution < -0.4 is 10.6 Å². The first kappa shape index (κ1) is 17.8. The smallest absolute Gasteiger partial charge is 0.434 e. The molecule has 2 N–H and O–H groups in total. The van der Waals surface area contributed by atoms with Crippen molar-refractivity contribution in [3.8, 4) is 11.1 Å². The zero-order valence-corrected chi connectivity index (χ0v) is 15.8. The van der Waals surface area contributed by atoms with E-state index >= 15 is 0 Å². The van der Waals surface area contributed by atoms with E-state index in [9.17, 15) is 4.79 Å². The second-order valence-electron chi connectivity index (χ2n) is 6.59. The Morgan fingerprint density at radius 3 is 2.46 bits per heavy atom. The van der Waals surface area contributed by atoms with Crippen molar-refractivity contribution >= 4 is 28.9 Å². The van der Waals surface area contributed by atoms with Crippen LogP contribution >= 0.6 is 0 Å². The van der Waals surface area contributed by atoms with E-state index in [1.807, 2.05) is 54.6 Å². The third-order valence-electron chi connectivity index (χ3n) is 4.82. The van der Waals surface area contributed by atoms with Gasteiger partial charge in [0, 0.05) is 29.5 Å². The summed E-state index contributed by atoms with van der Waals surface area (Å²) in [5.41, 5.74) is 14.0. The molecule has 2 aliphatic rings. The highest BCUT2D eigenvalue weighted by molar-refractivity contribution is 6.11. The molecule has 0 saturated heterocycles. The van der Waals surface area contributed by atoms with Crippen LogP contribution in [0.25, 0.3) is 16.8 Å². The van der Waals surface area contributed by atoms with Crippen LogP contribution in [0.15, 0.2) is 77.3 Å². The maximum atomic E-state index is 11.6. The highest BCUT2D eigenvalue weighted by atomic mass is 16.5. The molecular formula is C23H21N3O2. The fourth-order valence-electron chi connectivity index (χ4n) is 3.59. The Bertz CT molecular complexity index is 1060. The minimum atomic E-state index is -0.574. The van der Waals surface area contributed by atoms with Gasteiger partial charge < -0.3 is 15.4 Å². The lowest BCUT2D eigenvalue weighted by molar-refractivity contribution is 0.163. The fraction of sp³-hybridized carbons (Fsp3) is 0.130. The van der Waals surface area contributed by atoms with E-state index in [4.69, 9.17) is 10.5 Å². The van der Waals surface area contributed by atoms with Crippen molar-refractivity contribution in [2.24, 2.45) is 4.99 Å². The SMILES string of the molecule is CCOC(=O)N=C1C=CC(=C2c3ccccc3-c3cc(N)ccc3N2C)C=C1. The van der Waals surface area contributed by atoms with E-state index in [0.717, 1.165) is 39.3 Å². The highest BCUT2D eigenvalue weighted by Crippen LogP contribution is 2.45. The van der Waals surface area contributed by atoms with E-state index in [2.05, 4.69) is 29.1 Å². The summed E-state index contributed by atoms with van der Waals surface area (Å²) in [6.45, 7) is 2.07. The Kier molecular flexibility index (Phi) is 4.57. The minimum absolute atomic E-state index is 0.309. The molecule has 0 radical (unpaired) electrons. The van der Waals surface area contributed by atoms with E-state index in [-0.39, 0.29) is 0 Å². The lowest BCUT2D eigenvalue weighted by Gasteiger charge is -2.34. The van der Waals surface area contributed by atoms with E-state index in [0.29, 0.717) is 12.3 Å². The number of ether oxygens (including phenoxy) is 1. The molecule has 1 aliphatic heterocycles. The molecule has 140 valence electrons. The quantitative estimate of drug-likeness (QED) is 0.730. The molecule has 4 rings (SSSR count). The molecule has 0 atom stereocenters. The van der Waals surface area contributed by atoms with Gasteiger partial charge in [-0.25, -0.2) is 4.79 Å². The van der Waals surface area contributed by atoms with Crippen LogP contribution in [-0.2, 0) is 4.74 Å². The number of benzene rings is 2. The molecule has 0 aromatic heterocycles. The van der Waals surface area contributed by atoms with Gasteiger partial charge >= 0.3 is 6.09 Å². The number of fused-ring (bicyclic) bond motifs is 3. The second kappa shape index (κ2) is 7.19. The first-order valence-electron chi connectivity index (χ1n) is 9.17. The van der Waals surface area contributed by atoms with Crippen molar-refractivity contribution in [1.29, 1.82) is 0 Å². The van der Waals surface area contributed by atoms with Crippen LogP contribution in [0.2, 0.25) is 0 Å². The highest BCUT2D eigenvalue weighted by Gasteiger charge is 2.25. The number of anilines is 2. The predicted octanol–water partition coefficient (Wildman–Crippen LogP) is 4.82. The van der Waals surface area contributed by atoms with Crippen molar-refractivity contribution in [3.05, 3.63) is 77.9 Å². The van der Waals surface area contributed by atoms with Gasteiger partial charge in [-0.05, 0) is 48.4 Å². The standard InChI is InChI=1S/C23H21N3O2/c1-3-28-23(27)25-17-11-8-15(9-12-17)22-19-7-5-4-6-18(19)20-14-16(24)10-13-21(20)26(22)2/h4-14H,3,24H2,1-2H3. The maximum absolute atomic E-state index is 11.6. The van der Waals surface area contributed by atoms with Gasteiger partial charge in [0.1, 0.15) is 0 Å². The molecule has 0 fully saturated rings. The molecule has 1 aliphatic carbocycles. The van der Waals surface area contributed by atoms with Gasteiger partial charge in [0.2, 0.25) is 0 Å². The zero-order chi connectivity index (χ0) is 19.7. The zero-order valence-electron chi connectivity index (χ0n) is 15.8. The van der Waals surface area contributed by atoms with Crippen LogP contribution in [0.5, 0.6) is 0 Å². The summed E-state index contributed by atoms with van der Waals surface area (Å²) in [5, 5.41) is 0. The average molecular weight is 371 g/mol. The Balaban J connectivity index is 1.80. The number of carbonyl (C=O) groups excluding carboxylic acids is 1. The van der Waals surface area contributed by atoms with Gasteiger partial charge in [0.05, 0.1) is 18.0 Å². The van der Waals surface area contributed by atoms with Gasteiger partial charge in [-0.2, -0.15) is 4.99 Å². The summed E-state index contributed by atoms with van der Waals surface area (Å²) >= 11 is 0. The van der Waals surface area contributed by atoms with E-state index in [1.165, 1.54) is 0 Å². The molecule has 0 unspecified atom stereocenters. The summed E-state index contributed by atoms with van der Waals surface area (Å²) in [7, 11) is 2.05. The molecule has 5 heteroatoms. The Labute approximate surface area is 164 Å². The van der Waals surface area contributed by atoms with Gasteiger partial charge in [0.25, 0.3) is 0 Å². The van der Waals surface area contributed by atoms with Crippen molar-refractivity contribution in [1.82, 2.24) is 0 Å². The van der Waals surface area contributed by atoms with Crippen molar-refractivity contribution in [2.45, 2.75) is 6.92 Å². The Morgan fingerprint density at radius 1 is 1.04 bits per heavy atom. The number of carbonyl (C=O) groups is 1. The van der Waals surface area contributed by atoms with Gasteiger partial charge in [0.15, 0.2) is 0 Å². The molecule has 28 heavy (non-hydrogen) atoms. The number of amides is 1. The van der Waals surface area contributed by atoms with Crippen molar-refractivity contribution < 1.29 is 9.53 Å². The number of hydrogen-bond donors (Lipinski definition) is 1. The predicted molar refractivity (Wildman–Crippen MR) is 114 cm³/mol. The van der Waals surface area contributed by atoms with Gasteiger partial charge in [-0.3, -0.25) is 0 Å². The summed E-state index contributed by atoms with van der Waals surface area (Å²) < 4.78 is 4.88. The van der Waals surface area contributed by atoms with E-state index < -0.39 is 6.09 Å². The fourth-order valence-corrected chi connectivity index (χ4v) is 3.59. The lowest BCUT2D eigenvalue weighted by atomic mass is 9.88. The number of nitrogens with two attached hydrogens (primary N) is 1. The lowest BCUT2D eigenvalue weighted by Crippen LogP contribution is -2.22. The average Bonchev–Trinajstić information content (AvgIpc) is 2.69. The number of nitrogens with zero attached hydrogens (tertiary/aromatic N) is 2. The molecule has 1 amide bonds. The monoisotopic (exact) mass is 371 g/mol. The molecule has 1 heterocycles. The molecular weight excluding hydrogens is 350 g/mol. The summed E-state index contributed by atoms with van der Waals surface area (Å²) in [6, 6.07) is 14.3. The number of aliphatic imine (C=N–C) groups is 1. The van der Waals surface area contributed by atoms with Crippen molar-refractivity contribution in [2.75, 3.05) is 24.3 Å². The summed E-state index contributed by atoms with van der Waals surface area (Å²) in [5.74, 6) is 0. The third-order valence-corrected chi connectivity index (χ3v) is 4.82. The van der Waals surface area contributed by atoms with Crippen LogP contribution in [0.4, 0.5) is 16.2 Å². The Hall–Kier alpha value is -3.60. The summed E-state index contributed by atoms with van der Waals surface area (Å²) in [4.78, 5) is 17.7. The van der Waals surface area contributed by atoms with Gasteiger partial charge in [-0.15, -0.1) is 0 Å². The number of allylic oxidation sites excluding steroid dienone is 5. The number of hydrogen-bond acceptors (Lipinski definition) is 4. The molecule has 0 saturated carbocycles. The maximum Gasteiger partial charge on any atom is 0.434 e. The topological polar surface area (TPSA) is 67.9 Å². The largest absolute Gasteiger partial charge is 0.448 e. The third kappa shape index (κ3) is 3.11. The molecule has 0 bridgehead atoms. The van der Waals surface area contributed by atoms with Crippen LogP contribution in [-0.4, -0.2) is 25.5 Å². The number of nitrogen functional groups attached to an aromatic ring is 1. The van der Waals surface area contributed by atoms with Crippen LogP contribution in [0.1, 0.15) is 12.5 Å². The second-order valence-corrected chi connectivity index (χ2v) is 6.59. The molecule has 5 nitrogen and oxygen atoms in total. The number of rotatable bonds is 1. The van der Waals surface area contributed by atoms with Crippen molar-refractivity contribution in [3.63, 3.8) is 0 Å². The van der Waals surface area contributed by atoms with Gasteiger partial charge in [-0.1, -0.05) is 36.4 Å². The molecule has 2 aromatic carbocycles. The molecule has 0 spiro atoms.